The molecule has 124 valence electrons. The molecular weight excluding hydrogens is 306 g/mol. The summed E-state index contributed by atoms with van der Waals surface area (Å²) in [6.07, 6.45) is 3.82. The Labute approximate surface area is 145 Å². The number of ether oxygens (including phenoxy) is 1. The molecule has 0 amide bonds. The monoisotopic (exact) mass is 331 g/mol. The molecule has 3 rings (SSSR count). The third-order valence-electron chi connectivity index (χ3n) is 4.42. The minimum absolute atomic E-state index is 0. The molecule has 2 aromatic rings. The van der Waals surface area contributed by atoms with E-state index in [1.54, 1.807) is 0 Å². The molecule has 23 heavy (non-hydrogen) atoms. The smallest absolute Gasteiger partial charge is 0.125 e. The number of aryl methyl sites for hydroxylation is 2. The van der Waals surface area contributed by atoms with Crippen molar-refractivity contribution in [2.24, 2.45) is 11.7 Å². The third kappa shape index (κ3) is 4.73. The zero-order valence-electron chi connectivity index (χ0n) is 13.9. The predicted octanol–water partition coefficient (Wildman–Crippen LogP) is 5.10. The van der Waals surface area contributed by atoms with Gasteiger partial charge in [0.2, 0.25) is 0 Å². The van der Waals surface area contributed by atoms with E-state index in [0.29, 0.717) is 6.61 Å². The molecule has 1 atom stereocenters. The molecule has 1 aliphatic carbocycles. The lowest BCUT2D eigenvalue weighted by Crippen LogP contribution is -2.12. The largest absolute Gasteiger partial charge is 0.488 e. The summed E-state index contributed by atoms with van der Waals surface area (Å²) in [6.45, 7) is 4.83. The van der Waals surface area contributed by atoms with E-state index in [0.717, 1.165) is 18.1 Å². The molecule has 0 unspecified atom stereocenters. The van der Waals surface area contributed by atoms with Gasteiger partial charge in [-0.25, -0.2) is 0 Å². The SMILES string of the molecule is Cc1cc([C@@H](N)CC2CC2)cc(C)c1OCc1ccccc1.Cl. The van der Waals surface area contributed by atoms with Crippen molar-refractivity contribution in [1.29, 1.82) is 0 Å². The zero-order chi connectivity index (χ0) is 15.5. The van der Waals surface area contributed by atoms with Gasteiger partial charge in [0, 0.05) is 6.04 Å². The Morgan fingerprint density at radius 2 is 1.70 bits per heavy atom. The summed E-state index contributed by atoms with van der Waals surface area (Å²) >= 11 is 0. The van der Waals surface area contributed by atoms with Gasteiger partial charge in [-0.05, 0) is 48.4 Å². The molecule has 1 aliphatic rings. The topological polar surface area (TPSA) is 35.2 Å². The van der Waals surface area contributed by atoms with Crippen LogP contribution in [0.1, 0.15) is 47.6 Å². The fraction of sp³-hybridized carbons (Fsp3) is 0.400. The number of rotatable bonds is 6. The normalized spacial score (nSPS) is 14.9. The molecule has 0 saturated heterocycles. The lowest BCUT2D eigenvalue weighted by molar-refractivity contribution is 0.302. The van der Waals surface area contributed by atoms with Crippen molar-refractivity contribution in [3.63, 3.8) is 0 Å². The summed E-state index contributed by atoms with van der Waals surface area (Å²) in [5.41, 5.74) is 11.1. The zero-order valence-corrected chi connectivity index (χ0v) is 14.7. The Hall–Kier alpha value is -1.51. The van der Waals surface area contributed by atoms with E-state index in [1.807, 2.05) is 18.2 Å². The predicted molar refractivity (Wildman–Crippen MR) is 98.2 cm³/mol. The second-order valence-corrected chi connectivity index (χ2v) is 6.54. The van der Waals surface area contributed by atoms with Gasteiger partial charge in [-0.1, -0.05) is 55.3 Å². The summed E-state index contributed by atoms with van der Waals surface area (Å²) in [6, 6.07) is 14.8. The highest BCUT2D eigenvalue weighted by molar-refractivity contribution is 5.85. The van der Waals surface area contributed by atoms with Crippen LogP contribution in [0.4, 0.5) is 0 Å². The highest BCUT2D eigenvalue weighted by Crippen LogP contribution is 2.38. The van der Waals surface area contributed by atoms with Gasteiger partial charge in [-0.15, -0.1) is 12.4 Å². The lowest BCUT2D eigenvalue weighted by Gasteiger charge is -2.17. The van der Waals surface area contributed by atoms with Gasteiger partial charge >= 0.3 is 0 Å². The highest BCUT2D eigenvalue weighted by atomic mass is 35.5. The molecule has 1 fully saturated rings. The Morgan fingerprint density at radius 1 is 1.09 bits per heavy atom. The van der Waals surface area contributed by atoms with Crippen LogP contribution in [0, 0.1) is 19.8 Å². The molecule has 1 saturated carbocycles. The van der Waals surface area contributed by atoms with Crippen LogP contribution in [0.3, 0.4) is 0 Å². The number of hydrogen-bond acceptors (Lipinski definition) is 2. The molecule has 0 aromatic heterocycles. The maximum Gasteiger partial charge on any atom is 0.125 e. The highest BCUT2D eigenvalue weighted by Gasteiger charge is 2.25. The first kappa shape index (κ1) is 17.8. The molecule has 2 aromatic carbocycles. The summed E-state index contributed by atoms with van der Waals surface area (Å²) in [7, 11) is 0. The Balaban J connectivity index is 0.00000192. The van der Waals surface area contributed by atoms with Crippen LogP contribution in [0.2, 0.25) is 0 Å². The summed E-state index contributed by atoms with van der Waals surface area (Å²) in [5, 5.41) is 0. The van der Waals surface area contributed by atoms with Gasteiger partial charge < -0.3 is 10.5 Å². The number of hydrogen-bond donors (Lipinski definition) is 1. The van der Waals surface area contributed by atoms with Crippen LogP contribution in [0.5, 0.6) is 5.75 Å². The van der Waals surface area contributed by atoms with Gasteiger partial charge in [-0.3, -0.25) is 0 Å². The maximum absolute atomic E-state index is 6.35. The first-order chi connectivity index (χ1) is 10.6. The van der Waals surface area contributed by atoms with E-state index in [4.69, 9.17) is 10.5 Å². The fourth-order valence-corrected chi connectivity index (χ4v) is 3.00. The van der Waals surface area contributed by atoms with Crippen molar-refractivity contribution in [2.75, 3.05) is 0 Å². The number of nitrogens with two attached hydrogens (primary N) is 1. The van der Waals surface area contributed by atoms with Crippen LogP contribution in [-0.2, 0) is 6.61 Å². The van der Waals surface area contributed by atoms with E-state index in [1.165, 1.54) is 35.1 Å². The fourth-order valence-electron chi connectivity index (χ4n) is 3.00. The first-order valence-electron chi connectivity index (χ1n) is 8.17. The summed E-state index contributed by atoms with van der Waals surface area (Å²) < 4.78 is 6.04. The molecule has 0 radical (unpaired) electrons. The molecule has 0 spiro atoms. The van der Waals surface area contributed by atoms with Crippen LogP contribution in [-0.4, -0.2) is 0 Å². The molecule has 0 heterocycles. The van der Waals surface area contributed by atoms with Crippen molar-refractivity contribution in [3.8, 4) is 5.75 Å². The quantitative estimate of drug-likeness (QED) is 0.798. The Bertz CT molecular complexity index is 614. The second kappa shape index (κ2) is 7.85. The van der Waals surface area contributed by atoms with Crippen molar-refractivity contribution >= 4 is 12.4 Å². The van der Waals surface area contributed by atoms with Crippen LogP contribution in [0.15, 0.2) is 42.5 Å². The average molecular weight is 332 g/mol. The summed E-state index contributed by atoms with van der Waals surface area (Å²) in [5.74, 6) is 1.84. The van der Waals surface area contributed by atoms with E-state index in [9.17, 15) is 0 Å². The molecular formula is C20H26ClNO. The number of benzene rings is 2. The molecule has 2 nitrogen and oxygen atoms in total. The van der Waals surface area contributed by atoms with Crippen molar-refractivity contribution < 1.29 is 4.74 Å². The van der Waals surface area contributed by atoms with Crippen molar-refractivity contribution in [3.05, 3.63) is 64.7 Å². The average Bonchev–Trinajstić information content (AvgIpc) is 3.31. The standard InChI is InChI=1S/C20H25NO.ClH/c1-14-10-18(19(21)12-16-8-9-16)11-15(2)20(14)22-13-17-6-4-3-5-7-17;/h3-7,10-11,16,19H,8-9,12-13,21H2,1-2H3;1H/t19-;/m0./s1. The van der Waals surface area contributed by atoms with Gasteiger partial charge in [0.15, 0.2) is 0 Å². The molecule has 2 N–H and O–H groups in total. The Kier molecular flexibility index (Phi) is 6.09. The molecule has 3 heteroatoms. The lowest BCUT2D eigenvalue weighted by atomic mass is 9.97. The first-order valence-corrected chi connectivity index (χ1v) is 8.17. The van der Waals surface area contributed by atoms with Gasteiger partial charge in [-0.2, -0.15) is 0 Å². The Morgan fingerprint density at radius 3 is 2.26 bits per heavy atom. The van der Waals surface area contributed by atoms with Crippen molar-refractivity contribution in [1.82, 2.24) is 0 Å². The van der Waals surface area contributed by atoms with Crippen molar-refractivity contribution in [2.45, 2.75) is 45.8 Å². The van der Waals surface area contributed by atoms with Crippen LogP contribution < -0.4 is 10.5 Å². The number of halogens is 1. The molecule has 0 aliphatic heterocycles. The van der Waals surface area contributed by atoms with Crippen LogP contribution >= 0.6 is 12.4 Å². The van der Waals surface area contributed by atoms with E-state index >= 15 is 0 Å². The van der Waals surface area contributed by atoms with E-state index in [-0.39, 0.29) is 18.4 Å². The minimum Gasteiger partial charge on any atom is -0.488 e. The minimum atomic E-state index is 0. The molecule has 0 bridgehead atoms. The maximum atomic E-state index is 6.35. The van der Waals surface area contributed by atoms with E-state index in [2.05, 4.69) is 38.1 Å². The van der Waals surface area contributed by atoms with E-state index < -0.39 is 0 Å². The van der Waals surface area contributed by atoms with Crippen LogP contribution in [0.25, 0.3) is 0 Å². The van der Waals surface area contributed by atoms with Gasteiger partial charge in [0.1, 0.15) is 12.4 Å². The van der Waals surface area contributed by atoms with Gasteiger partial charge in [0.05, 0.1) is 0 Å². The second-order valence-electron chi connectivity index (χ2n) is 6.54. The third-order valence-corrected chi connectivity index (χ3v) is 4.42. The summed E-state index contributed by atoms with van der Waals surface area (Å²) in [4.78, 5) is 0. The van der Waals surface area contributed by atoms with Gasteiger partial charge in [0.25, 0.3) is 0 Å².